The number of carbonyl (C=O) groups is 1. The highest BCUT2D eigenvalue weighted by Gasteiger charge is 2.38. The fraction of sp³-hybridized carbons (Fsp3) is 0.533. The van der Waals surface area contributed by atoms with E-state index in [1.165, 1.54) is 23.2 Å². The lowest BCUT2D eigenvalue weighted by molar-refractivity contribution is -0.385. The van der Waals surface area contributed by atoms with Crippen LogP contribution in [0.2, 0.25) is 0 Å². The third kappa shape index (κ3) is 3.97. The van der Waals surface area contributed by atoms with Gasteiger partial charge in [0.2, 0.25) is 0 Å². The largest absolute Gasteiger partial charge is 0.444 e. The first kappa shape index (κ1) is 18.1. The van der Waals surface area contributed by atoms with Crippen LogP contribution in [0.15, 0.2) is 18.3 Å². The summed E-state index contributed by atoms with van der Waals surface area (Å²) in [7, 11) is 0. The Hall–Kier alpha value is -2.29. The van der Waals surface area contributed by atoms with Crippen molar-refractivity contribution in [3.8, 4) is 0 Å². The summed E-state index contributed by atoms with van der Waals surface area (Å²) in [5, 5.41) is 11.2. The number of nitrogens with zero attached hydrogens (tertiary/aromatic N) is 3. The SMILES string of the molecule is CC(C)(C)OC(=O)N1CCCC1C(=S=O)c1ncccc1[N+](=O)[O-]. The third-order valence-corrected chi connectivity index (χ3v) is 4.13. The standard InChI is InChI=1S/C15H19N3O5S/c1-15(2,3)23-14(19)17-9-5-7-11(17)13(24-22)12-10(18(20)21)6-4-8-16-12/h4,6,8,11H,5,7,9H2,1-3H3. The first-order valence-corrected chi connectivity index (χ1v) is 8.25. The van der Waals surface area contributed by atoms with Gasteiger partial charge >= 0.3 is 6.09 Å². The normalized spacial score (nSPS) is 17.5. The summed E-state index contributed by atoms with van der Waals surface area (Å²) in [4.78, 5) is 28.6. The Labute approximate surface area is 143 Å². The maximum atomic E-state index is 12.4. The van der Waals surface area contributed by atoms with Gasteiger partial charge in [-0.2, -0.15) is 0 Å². The molecule has 0 aliphatic carbocycles. The minimum absolute atomic E-state index is 0.0166. The molecule has 0 saturated carbocycles. The molecule has 1 unspecified atom stereocenters. The Morgan fingerprint density at radius 1 is 1.50 bits per heavy atom. The number of pyridine rings is 1. The van der Waals surface area contributed by atoms with E-state index in [2.05, 4.69) is 4.98 Å². The number of aromatic nitrogens is 1. The molecule has 9 heteroatoms. The van der Waals surface area contributed by atoms with Crippen molar-refractivity contribution in [2.24, 2.45) is 0 Å². The molecule has 1 saturated heterocycles. The van der Waals surface area contributed by atoms with Crippen molar-refractivity contribution in [2.75, 3.05) is 6.54 Å². The summed E-state index contributed by atoms with van der Waals surface area (Å²) in [5.74, 6) is 0. The molecule has 0 spiro atoms. The van der Waals surface area contributed by atoms with Crippen LogP contribution in [0, 0.1) is 10.1 Å². The molecule has 0 N–H and O–H groups in total. The lowest BCUT2D eigenvalue weighted by atomic mass is 10.1. The van der Waals surface area contributed by atoms with Crippen LogP contribution < -0.4 is 0 Å². The molecule has 1 fully saturated rings. The molecular weight excluding hydrogens is 334 g/mol. The molecule has 0 aromatic carbocycles. The van der Waals surface area contributed by atoms with Crippen LogP contribution in [-0.2, 0) is 16.0 Å². The van der Waals surface area contributed by atoms with Gasteiger partial charge in [0.1, 0.15) is 10.5 Å². The molecule has 1 aromatic heterocycles. The summed E-state index contributed by atoms with van der Waals surface area (Å²) in [6, 6.07) is 2.18. The van der Waals surface area contributed by atoms with Crippen molar-refractivity contribution >= 4 is 27.9 Å². The zero-order valence-electron chi connectivity index (χ0n) is 13.7. The summed E-state index contributed by atoms with van der Waals surface area (Å²) >= 11 is 0.141. The maximum absolute atomic E-state index is 12.4. The molecule has 130 valence electrons. The summed E-state index contributed by atoms with van der Waals surface area (Å²) in [6.45, 7) is 5.70. The topological polar surface area (TPSA) is 103 Å². The minimum Gasteiger partial charge on any atom is -0.444 e. The van der Waals surface area contributed by atoms with Gasteiger partial charge in [0.25, 0.3) is 5.69 Å². The van der Waals surface area contributed by atoms with E-state index in [9.17, 15) is 19.1 Å². The Balaban J connectivity index is 2.36. The van der Waals surface area contributed by atoms with E-state index >= 15 is 0 Å². The highest BCUT2D eigenvalue weighted by molar-refractivity contribution is 7.67. The van der Waals surface area contributed by atoms with Crippen LogP contribution in [0.25, 0.3) is 0 Å². The number of hydrogen-bond acceptors (Lipinski definition) is 6. The Bertz CT molecular complexity index is 709. The van der Waals surface area contributed by atoms with E-state index in [0.717, 1.165) is 0 Å². The van der Waals surface area contributed by atoms with Crippen LogP contribution >= 0.6 is 0 Å². The van der Waals surface area contributed by atoms with Gasteiger partial charge in [-0.15, -0.1) is 0 Å². The molecule has 24 heavy (non-hydrogen) atoms. The number of likely N-dealkylation sites (tertiary alicyclic amines) is 1. The number of ether oxygens (including phenoxy) is 1. The molecule has 2 heterocycles. The van der Waals surface area contributed by atoms with Crippen LogP contribution in [-0.4, -0.2) is 48.2 Å². The lowest BCUT2D eigenvalue weighted by Gasteiger charge is -2.28. The van der Waals surface area contributed by atoms with Gasteiger partial charge in [0.15, 0.2) is 5.69 Å². The highest BCUT2D eigenvalue weighted by Crippen LogP contribution is 2.26. The number of hydrogen-bond donors (Lipinski definition) is 0. The van der Waals surface area contributed by atoms with Gasteiger partial charge in [0, 0.05) is 18.8 Å². The zero-order valence-corrected chi connectivity index (χ0v) is 14.5. The van der Waals surface area contributed by atoms with Gasteiger partial charge in [-0.1, -0.05) is 0 Å². The Kier molecular flexibility index (Phi) is 5.33. The van der Waals surface area contributed by atoms with Gasteiger partial charge in [-0.25, -0.2) is 14.0 Å². The number of carbonyl (C=O) groups excluding carboxylic acids is 1. The minimum atomic E-state index is -0.661. The predicted molar refractivity (Wildman–Crippen MR) is 89.1 cm³/mol. The fourth-order valence-corrected chi connectivity index (χ4v) is 3.16. The first-order chi connectivity index (χ1) is 11.2. The van der Waals surface area contributed by atoms with Crippen LogP contribution in [0.1, 0.15) is 39.3 Å². The molecule has 0 radical (unpaired) electrons. The van der Waals surface area contributed by atoms with Crippen LogP contribution in [0.4, 0.5) is 10.5 Å². The van der Waals surface area contributed by atoms with Crippen molar-refractivity contribution in [2.45, 2.75) is 45.3 Å². The van der Waals surface area contributed by atoms with Crippen molar-refractivity contribution in [1.82, 2.24) is 9.88 Å². The van der Waals surface area contributed by atoms with Gasteiger partial charge in [-0.3, -0.25) is 10.1 Å². The number of nitro groups is 1. The molecule has 8 nitrogen and oxygen atoms in total. The second kappa shape index (κ2) is 7.08. The molecule has 1 aromatic rings. The summed E-state index contributed by atoms with van der Waals surface area (Å²) in [6.07, 6.45) is 2.09. The lowest BCUT2D eigenvalue weighted by Crippen LogP contribution is -2.44. The molecule has 1 aliphatic heterocycles. The fourth-order valence-electron chi connectivity index (χ4n) is 2.57. The van der Waals surface area contributed by atoms with Crippen molar-refractivity contribution < 1.29 is 18.7 Å². The van der Waals surface area contributed by atoms with Gasteiger partial charge in [0.05, 0.1) is 22.2 Å². The average Bonchev–Trinajstić information content (AvgIpc) is 2.96. The van der Waals surface area contributed by atoms with E-state index in [1.54, 1.807) is 20.8 Å². The predicted octanol–water partition coefficient (Wildman–Crippen LogP) is 2.12. The van der Waals surface area contributed by atoms with E-state index in [0.29, 0.717) is 19.4 Å². The average molecular weight is 353 g/mol. The molecule has 0 bridgehead atoms. The Morgan fingerprint density at radius 3 is 2.79 bits per heavy atom. The monoisotopic (exact) mass is 353 g/mol. The second-order valence-electron chi connectivity index (χ2n) is 6.41. The zero-order chi connectivity index (χ0) is 17.9. The third-order valence-electron chi connectivity index (χ3n) is 3.49. The van der Waals surface area contributed by atoms with Crippen LogP contribution in [0.5, 0.6) is 0 Å². The molecular formula is C15H19N3O5S. The second-order valence-corrected chi connectivity index (χ2v) is 7.01. The van der Waals surface area contributed by atoms with E-state index in [1.807, 2.05) is 0 Å². The molecule has 1 amide bonds. The van der Waals surface area contributed by atoms with Gasteiger partial charge in [-0.05, 0) is 39.7 Å². The van der Waals surface area contributed by atoms with Crippen molar-refractivity contribution in [1.29, 1.82) is 0 Å². The Morgan fingerprint density at radius 2 is 2.21 bits per heavy atom. The summed E-state index contributed by atoms with van der Waals surface area (Å²) in [5.41, 5.74) is -0.888. The van der Waals surface area contributed by atoms with Crippen LogP contribution in [0.3, 0.4) is 0 Å². The number of amides is 1. The molecule has 2 rings (SSSR count). The summed E-state index contributed by atoms with van der Waals surface area (Å²) < 4.78 is 17.1. The maximum Gasteiger partial charge on any atom is 0.410 e. The van der Waals surface area contributed by atoms with E-state index < -0.39 is 22.7 Å². The first-order valence-electron chi connectivity index (χ1n) is 7.50. The smallest absolute Gasteiger partial charge is 0.410 e. The quantitative estimate of drug-likeness (QED) is 0.357. The van der Waals surface area contributed by atoms with E-state index in [4.69, 9.17) is 4.74 Å². The molecule has 1 atom stereocenters. The molecule has 1 aliphatic rings. The highest BCUT2D eigenvalue weighted by atomic mass is 32.1. The van der Waals surface area contributed by atoms with Crippen molar-refractivity contribution in [3.05, 3.63) is 34.1 Å². The van der Waals surface area contributed by atoms with Crippen molar-refractivity contribution in [3.63, 3.8) is 0 Å². The van der Waals surface area contributed by atoms with Gasteiger partial charge < -0.3 is 9.64 Å². The number of rotatable bonds is 3. The van der Waals surface area contributed by atoms with E-state index in [-0.39, 0.29) is 27.5 Å².